The smallest absolute Gasteiger partial charge is 0.354 e. The number of aliphatic carboxylic acids is 2. The van der Waals surface area contributed by atoms with Gasteiger partial charge in [0.05, 0.1) is 4.90 Å². The molecule has 10 heteroatoms. The highest BCUT2D eigenvalue weighted by Gasteiger charge is 2.29. The summed E-state index contributed by atoms with van der Waals surface area (Å²) in [5.74, 6) is -1.84. The largest absolute Gasteiger partial charge is 0.480 e. The first kappa shape index (κ1) is 23.7. The second-order valence-electron chi connectivity index (χ2n) is 6.42. The summed E-state index contributed by atoms with van der Waals surface area (Å²) >= 11 is 1.12. The molecule has 4 N–H and O–H groups in total. The van der Waals surface area contributed by atoms with Crippen LogP contribution >= 0.6 is 11.8 Å². The summed E-state index contributed by atoms with van der Waals surface area (Å²) in [5.41, 5.74) is 5.86. The standard InChI is InChI=1S/C12H11NO4S2.C6H13NO2/c1-9-2-4-10(5-3-9)19(16,17)13-6-7-18-8-11(13)12(14)15;1-4(2)3-5(7)6(8)9/h2-8H,1H3,(H,14,15);4-5H,3,7H2,1-2H3,(H,8,9). The Morgan fingerprint density at radius 2 is 1.75 bits per heavy atom. The second-order valence-corrected chi connectivity index (χ2v) is 9.01. The monoisotopic (exact) mass is 428 g/mol. The third-order valence-electron chi connectivity index (χ3n) is 3.53. The fraction of sp³-hybridized carbons (Fsp3) is 0.333. The maximum atomic E-state index is 12.4. The predicted molar refractivity (Wildman–Crippen MR) is 108 cm³/mol. The molecule has 0 saturated carbocycles. The number of aryl methyl sites for hydroxylation is 1. The summed E-state index contributed by atoms with van der Waals surface area (Å²) in [7, 11) is -3.89. The van der Waals surface area contributed by atoms with Crippen LogP contribution in [0.3, 0.4) is 0 Å². The van der Waals surface area contributed by atoms with Crippen molar-refractivity contribution in [2.75, 3.05) is 0 Å². The van der Waals surface area contributed by atoms with Crippen molar-refractivity contribution in [3.63, 3.8) is 0 Å². The first-order valence-corrected chi connectivity index (χ1v) is 10.7. The molecule has 1 aliphatic heterocycles. The van der Waals surface area contributed by atoms with Crippen molar-refractivity contribution < 1.29 is 28.2 Å². The zero-order valence-corrected chi connectivity index (χ0v) is 17.4. The molecule has 1 aliphatic rings. The lowest BCUT2D eigenvalue weighted by Gasteiger charge is -2.22. The quantitative estimate of drug-likeness (QED) is 0.628. The predicted octanol–water partition coefficient (Wildman–Crippen LogP) is 2.57. The van der Waals surface area contributed by atoms with Gasteiger partial charge in [-0.25, -0.2) is 17.5 Å². The first-order valence-electron chi connectivity index (χ1n) is 8.32. The molecule has 0 radical (unpaired) electrons. The van der Waals surface area contributed by atoms with Crippen molar-refractivity contribution in [3.8, 4) is 0 Å². The molecular weight excluding hydrogens is 404 g/mol. The average molecular weight is 429 g/mol. The molecule has 1 heterocycles. The number of carbonyl (C=O) groups is 2. The highest BCUT2D eigenvalue weighted by atomic mass is 32.2. The lowest BCUT2D eigenvalue weighted by atomic mass is 10.1. The Bertz CT molecular complexity index is 861. The van der Waals surface area contributed by atoms with Crippen molar-refractivity contribution in [1.29, 1.82) is 0 Å². The highest BCUT2D eigenvalue weighted by Crippen LogP contribution is 2.27. The van der Waals surface area contributed by atoms with Crippen LogP contribution in [0.15, 0.2) is 51.9 Å². The summed E-state index contributed by atoms with van der Waals surface area (Å²) in [4.78, 5) is 21.2. The van der Waals surface area contributed by atoms with E-state index in [4.69, 9.17) is 15.9 Å². The van der Waals surface area contributed by atoms with E-state index in [0.29, 0.717) is 12.3 Å². The number of benzene rings is 1. The van der Waals surface area contributed by atoms with Gasteiger partial charge in [0.2, 0.25) is 0 Å². The first-order chi connectivity index (χ1) is 13.0. The molecule has 0 fully saturated rings. The molecule has 1 aromatic carbocycles. The van der Waals surface area contributed by atoms with Crippen molar-refractivity contribution >= 4 is 33.7 Å². The molecule has 0 amide bonds. The second kappa shape index (κ2) is 10.3. The van der Waals surface area contributed by atoms with E-state index in [0.717, 1.165) is 21.6 Å². The highest BCUT2D eigenvalue weighted by molar-refractivity contribution is 8.05. The van der Waals surface area contributed by atoms with Crippen LogP contribution in [0, 0.1) is 12.8 Å². The fourth-order valence-electron chi connectivity index (χ4n) is 2.11. The molecule has 0 aliphatic carbocycles. The van der Waals surface area contributed by atoms with Gasteiger partial charge in [-0.2, -0.15) is 0 Å². The maximum absolute atomic E-state index is 12.4. The lowest BCUT2D eigenvalue weighted by molar-refractivity contribution is -0.139. The van der Waals surface area contributed by atoms with Gasteiger partial charge in [-0.1, -0.05) is 31.5 Å². The molecular formula is C18H24N2O6S2. The van der Waals surface area contributed by atoms with Crippen LogP contribution in [0.25, 0.3) is 0 Å². The zero-order chi connectivity index (χ0) is 21.5. The van der Waals surface area contributed by atoms with Crippen LogP contribution < -0.4 is 5.73 Å². The molecule has 0 spiro atoms. The van der Waals surface area contributed by atoms with E-state index in [9.17, 15) is 18.0 Å². The Hall–Kier alpha value is -2.30. The molecule has 154 valence electrons. The minimum atomic E-state index is -3.89. The number of nitrogens with two attached hydrogens (primary N) is 1. The molecule has 0 bridgehead atoms. The van der Waals surface area contributed by atoms with Crippen LogP contribution in [0.2, 0.25) is 0 Å². The zero-order valence-electron chi connectivity index (χ0n) is 15.8. The summed E-state index contributed by atoms with van der Waals surface area (Å²) < 4.78 is 25.5. The van der Waals surface area contributed by atoms with Gasteiger partial charge >= 0.3 is 11.9 Å². The van der Waals surface area contributed by atoms with Crippen LogP contribution in [0.4, 0.5) is 0 Å². The Morgan fingerprint density at radius 3 is 2.18 bits per heavy atom. The minimum Gasteiger partial charge on any atom is -0.480 e. The Kier molecular flexibility index (Phi) is 8.73. The Labute approximate surface area is 168 Å². The van der Waals surface area contributed by atoms with Crippen LogP contribution in [0.1, 0.15) is 25.8 Å². The number of rotatable bonds is 6. The number of carboxylic acid groups (broad SMARTS) is 2. The lowest BCUT2D eigenvalue weighted by Crippen LogP contribution is -2.31. The number of hydrogen-bond donors (Lipinski definition) is 3. The van der Waals surface area contributed by atoms with E-state index < -0.39 is 28.0 Å². The SMILES string of the molecule is CC(C)CC(N)C(=O)O.Cc1ccc(S(=O)(=O)N2C=CSC=C2C(=O)O)cc1. The van der Waals surface area contributed by atoms with Gasteiger partial charge in [-0.15, -0.1) is 11.8 Å². The summed E-state index contributed by atoms with van der Waals surface area (Å²) in [5, 5.41) is 20.1. The minimum absolute atomic E-state index is 0.0572. The average Bonchev–Trinajstić information content (AvgIpc) is 2.62. The summed E-state index contributed by atoms with van der Waals surface area (Å²) in [6, 6.07) is 5.56. The Morgan fingerprint density at radius 1 is 1.18 bits per heavy atom. The third kappa shape index (κ3) is 6.70. The van der Waals surface area contributed by atoms with Crippen molar-refractivity contribution in [2.24, 2.45) is 11.7 Å². The van der Waals surface area contributed by atoms with Crippen molar-refractivity contribution in [3.05, 3.63) is 52.5 Å². The summed E-state index contributed by atoms with van der Waals surface area (Å²) in [6.45, 7) is 5.74. The number of nitrogens with zero attached hydrogens (tertiary/aromatic N) is 1. The van der Waals surface area contributed by atoms with E-state index in [1.54, 1.807) is 12.1 Å². The van der Waals surface area contributed by atoms with Crippen LogP contribution in [-0.4, -0.2) is 40.9 Å². The van der Waals surface area contributed by atoms with E-state index in [-0.39, 0.29) is 10.6 Å². The molecule has 1 unspecified atom stereocenters. The van der Waals surface area contributed by atoms with Crippen molar-refractivity contribution in [1.82, 2.24) is 4.31 Å². The Balaban J connectivity index is 0.000000370. The van der Waals surface area contributed by atoms with Gasteiger partial charge in [0.25, 0.3) is 10.0 Å². The number of hydrogen-bond acceptors (Lipinski definition) is 6. The van der Waals surface area contributed by atoms with E-state index in [1.165, 1.54) is 29.1 Å². The molecule has 2 rings (SSSR count). The molecule has 0 saturated heterocycles. The molecule has 0 aromatic heterocycles. The third-order valence-corrected chi connectivity index (χ3v) is 5.87. The topological polar surface area (TPSA) is 138 Å². The van der Waals surface area contributed by atoms with Gasteiger partial charge in [0.15, 0.2) is 0 Å². The van der Waals surface area contributed by atoms with Gasteiger partial charge < -0.3 is 15.9 Å². The van der Waals surface area contributed by atoms with Gasteiger partial charge in [-0.05, 0) is 36.8 Å². The number of sulfonamides is 1. The van der Waals surface area contributed by atoms with Crippen molar-refractivity contribution in [2.45, 2.75) is 38.1 Å². The molecule has 8 nitrogen and oxygen atoms in total. The van der Waals surface area contributed by atoms with Crippen LogP contribution in [0.5, 0.6) is 0 Å². The van der Waals surface area contributed by atoms with Gasteiger partial charge in [0.1, 0.15) is 11.7 Å². The maximum Gasteiger partial charge on any atom is 0.354 e. The fourth-order valence-corrected chi connectivity index (χ4v) is 4.19. The van der Waals surface area contributed by atoms with E-state index >= 15 is 0 Å². The summed E-state index contributed by atoms with van der Waals surface area (Å²) in [6.07, 6.45) is 1.79. The van der Waals surface area contributed by atoms with E-state index in [1.807, 2.05) is 20.8 Å². The molecule has 28 heavy (non-hydrogen) atoms. The molecule has 1 atom stereocenters. The van der Waals surface area contributed by atoms with E-state index in [2.05, 4.69) is 0 Å². The number of carboxylic acids is 2. The normalized spacial score (nSPS) is 14.8. The number of thioether (sulfide) groups is 1. The molecule has 1 aromatic rings. The van der Waals surface area contributed by atoms with Crippen LogP contribution in [-0.2, 0) is 19.6 Å². The van der Waals surface area contributed by atoms with Gasteiger partial charge in [0, 0.05) is 11.6 Å². The van der Waals surface area contributed by atoms with Gasteiger partial charge in [-0.3, -0.25) is 4.79 Å².